The average molecular weight is 859 g/mol. The second-order valence-electron chi connectivity index (χ2n) is 18.0. The maximum absolute atomic E-state index is 12.8. The first-order valence-corrected chi connectivity index (χ1v) is 25.2. The number of nitrogens with zero attached hydrogens (tertiary/aromatic N) is 1. The summed E-state index contributed by atoms with van der Waals surface area (Å²) in [6, 6.07) is -0.620. The molecule has 0 radical (unpaired) electrons. The minimum absolute atomic E-state index is 0.0519. The monoisotopic (exact) mass is 859 g/mol. The number of ether oxygens (including phenoxy) is 3. The Labute approximate surface area is 376 Å². The molecule has 0 bridgehead atoms. The summed E-state index contributed by atoms with van der Waals surface area (Å²) in [7, 11) is 5.52. The van der Waals surface area contributed by atoms with Crippen molar-refractivity contribution < 1.29 is 38.2 Å². The van der Waals surface area contributed by atoms with Gasteiger partial charge in [-0.05, 0) is 70.6 Å². The maximum atomic E-state index is 12.8. The Hall–Kier alpha value is -2.71. The van der Waals surface area contributed by atoms with Crippen LogP contribution in [0.1, 0.15) is 219 Å². The molecule has 0 spiro atoms. The van der Waals surface area contributed by atoms with Crippen molar-refractivity contribution in [3.05, 3.63) is 48.6 Å². The highest BCUT2D eigenvalue weighted by Gasteiger charge is 2.31. The number of carboxylic acid groups (broad SMARTS) is 1. The largest absolute Gasteiger partial charge is 0.477 e. The van der Waals surface area contributed by atoms with Gasteiger partial charge >= 0.3 is 17.9 Å². The number of hydrogen-bond donors (Lipinski definition) is 1. The van der Waals surface area contributed by atoms with Gasteiger partial charge in [0, 0.05) is 19.3 Å². The predicted molar refractivity (Wildman–Crippen MR) is 257 cm³/mol. The van der Waals surface area contributed by atoms with Gasteiger partial charge in [-0.1, -0.05) is 178 Å². The average Bonchev–Trinajstić information content (AvgIpc) is 3.22. The summed E-state index contributed by atoms with van der Waals surface area (Å²) < 4.78 is 17.3. The van der Waals surface area contributed by atoms with Crippen LogP contribution in [0.3, 0.4) is 0 Å². The molecule has 0 aromatic rings. The highest BCUT2D eigenvalue weighted by molar-refractivity contribution is 5.72. The van der Waals surface area contributed by atoms with Gasteiger partial charge in [-0.25, -0.2) is 4.79 Å². The van der Waals surface area contributed by atoms with Gasteiger partial charge in [0.1, 0.15) is 6.61 Å². The fraction of sp³-hybridized carbons (Fsp3) is 0.792. The van der Waals surface area contributed by atoms with Gasteiger partial charge in [-0.3, -0.25) is 9.59 Å². The SMILES string of the molecule is CC/C=C/C/C=C/C/C=C/CCCCCCC(=O)OCC(COCCC(C(=O)O)[N+](C)(C)C)OC(=O)CCCCCCCCC/C=C/CCCCCCCCCCCCCC. The van der Waals surface area contributed by atoms with E-state index in [0.29, 0.717) is 19.3 Å². The highest BCUT2D eigenvalue weighted by atomic mass is 16.6. The first kappa shape index (κ1) is 58.3. The number of aliphatic carboxylic acids is 1. The molecule has 2 atom stereocenters. The van der Waals surface area contributed by atoms with E-state index < -0.39 is 18.1 Å². The van der Waals surface area contributed by atoms with Gasteiger partial charge in [0.15, 0.2) is 12.1 Å². The van der Waals surface area contributed by atoms with Crippen molar-refractivity contribution in [2.24, 2.45) is 0 Å². The number of esters is 2. The van der Waals surface area contributed by atoms with Crippen molar-refractivity contribution in [1.82, 2.24) is 0 Å². The molecule has 0 amide bonds. The molecule has 0 aromatic carbocycles. The molecule has 61 heavy (non-hydrogen) atoms. The van der Waals surface area contributed by atoms with Crippen LogP contribution in [0.4, 0.5) is 0 Å². The summed E-state index contributed by atoms with van der Waals surface area (Å²) in [5.41, 5.74) is 0. The predicted octanol–water partition coefficient (Wildman–Crippen LogP) is 14.4. The van der Waals surface area contributed by atoms with Crippen LogP contribution in [0.15, 0.2) is 48.6 Å². The van der Waals surface area contributed by atoms with E-state index in [1.165, 1.54) is 116 Å². The molecule has 0 aliphatic heterocycles. The minimum Gasteiger partial charge on any atom is -0.477 e. The molecule has 0 heterocycles. The Morgan fingerprint density at radius 3 is 1.38 bits per heavy atom. The van der Waals surface area contributed by atoms with E-state index in [1.807, 2.05) is 21.1 Å². The first-order chi connectivity index (χ1) is 29.6. The molecular weight excluding hydrogens is 763 g/mol. The number of allylic oxidation sites excluding steroid dienone is 8. The Balaban J connectivity index is 4.24. The van der Waals surface area contributed by atoms with E-state index in [0.717, 1.165) is 70.6 Å². The number of carbonyl (C=O) groups is 3. The van der Waals surface area contributed by atoms with Gasteiger partial charge in [0.05, 0.1) is 34.4 Å². The van der Waals surface area contributed by atoms with Crippen LogP contribution in [0, 0.1) is 0 Å². The van der Waals surface area contributed by atoms with Crippen LogP contribution in [0.25, 0.3) is 0 Å². The Kier molecular flexibility index (Phi) is 42.0. The van der Waals surface area contributed by atoms with E-state index in [2.05, 4.69) is 62.5 Å². The lowest BCUT2D eigenvalue weighted by Gasteiger charge is -2.31. The van der Waals surface area contributed by atoms with Crippen LogP contribution in [-0.2, 0) is 28.6 Å². The van der Waals surface area contributed by atoms with E-state index in [9.17, 15) is 19.5 Å². The fourth-order valence-corrected chi connectivity index (χ4v) is 7.34. The van der Waals surface area contributed by atoms with Gasteiger partial charge in [-0.15, -0.1) is 0 Å². The lowest BCUT2D eigenvalue weighted by molar-refractivity contribution is -0.887. The van der Waals surface area contributed by atoms with E-state index in [-0.39, 0.29) is 36.2 Å². The molecule has 0 aliphatic carbocycles. The number of rotatable bonds is 45. The lowest BCUT2D eigenvalue weighted by atomic mass is 10.0. The Morgan fingerprint density at radius 1 is 0.508 bits per heavy atom. The molecule has 0 aromatic heterocycles. The van der Waals surface area contributed by atoms with Crippen molar-refractivity contribution >= 4 is 17.9 Å². The third-order valence-corrected chi connectivity index (χ3v) is 11.2. The molecule has 354 valence electrons. The zero-order chi connectivity index (χ0) is 44.9. The van der Waals surface area contributed by atoms with Crippen LogP contribution in [-0.4, -0.2) is 80.6 Å². The van der Waals surface area contributed by atoms with Crippen LogP contribution >= 0.6 is 0 Å². The van der Waals surface area contributed by atoms with Gasteiger partial charge < -0.3 is 23.8 Å². The topological polar surface area (TPSA) is 99.1 Å². The molecule has 0 fully saturated rings. The zero-order valence-electron chi connectivity index (χ0n) is 40.4. The van der Waals surface area contributed by atoms with Crippen molar-refractivity contribution in [3.63, 3.8) is 0 Å². The molecule has 8 nitrogen and oxygen atoms in total. The molecule has 0 rings (SSSR count). The summed E-state index contributed by atoms with van der Waals surface area (Å²) in [4.78, 5) is 37.1. The first-order valence-electron chi connectivity index (χ1n) is 25.2. The quantitative estimate of drug-likeness (QED) is 0.0282. The summed E-state index contributed by atoms with van der Waals surface area (Å²) >= 11 is 0. The highest BCUT2D eigenvalue weighted by Crippen LogP contribution is 2.15. The Bertz CT molecular complexity index is 1140. The number of unbranched alkanes of at least 4 members (excludes halogenated alkanes) is 23. The maximum Gasteiger partial charge on any atom is 0.362 e. The van der Waals surface area contributed by atoms with E-state index >= 15 is 0 Å². The number of likely N-dealkylation sites (N-methyl/N-ethyl adjacent to an activating group) is 1. The van der Waals surface area contributed by atoms with Crippen molar-refractivity contribution in [2.45, 2.75) is 231 Å². The van der Waals surface area contributed by atoms with Gasteiger partial charge in [-0.2, -0.15) is 0 Å². The third kappa shape index (κ3) is 42.4. The van der Waals surface area contributed by atoms with Crippen molar-refractivity contribution in [2.75, 3.05) is 41.0 Å². The number of hydrogen-bond acceptors (Lipinski definition) is 6. The van der Waals surface area contributed by atoms with E-state index in [4.69, 9.17) is 14.2 Å². The van der Waals surface area contributed by atoms with Crippen LogP contribution < -0.4 is 0 Å². The summed E-state index contributed by atoms with van der Waals surface area (Å²) in [6.07, 6.45) is 53.1. The fourth-order valence-electron chi connectivity index (χ4n) is 7.34. The normalized spacial score (nSPS) is 13.3. The summed E-state index contributed by atoms with van der Waals surface area (Å²) in [5.74, 6) is -1.50. The second kappa shape index (κ2) is 43.9. The zero-order valence-corrected chi connectivity index (χ0v) is 40.4. The molecule has 0 saturated carbocycles. The second-order valence-corrected chi connectivity index (χ2v) is 18.0. The standard InChI is InChI=1S/C53H95NO7/c1-6-8-10-12-14-16-18-20-22-23-24-25-26-27-28-29-30-32-34-36-38-40-42-44-52(56)61-49(47-59-46-45-50(53(57)58)54(3,4)5)48-60-51(55)43-41-39-37-35-33-31-21-19-17-15-13-11-9-7-2/h9,11,15,17,21,27-28,31,49-50H,6-8,10,12-14,16,18-20,22-26,29-30,32-48H2,1-5H3/p+1/b11-9+,17-15+,28-27+,31-21+. The van der Waals surface area contributed by atoms with Gasteiger partial charge in [0.2, 0.25) is 0 Å². The van der Waals surface area contributed by atoms with Crippen LogP contribution in [0.2, 0.25) is 0 Å². The lowest BCUT2D eigenvalue weighted by Crippen LogP contribution is -2.50. The molecule has 8 heteroatoms. The van der Waals surface area contributed by atoms with Gasteiger partial charge in [0.25, 0.3) is 0 Å². The molecule has 0 saturated heterocycles. The minimum atomic E-state index is -0.879. The Morgan fingerprint density at radius 2 is 0.918 bits per heavy atom. The van der Waals surface area contributed by atoms with Crippen molar-refractivity contribution in [3.8, 4) is 0 Å². The molecule has 0 aliphatic rings. The third-order valence-electron chi connectivity index (χ3n) is 11.2. The summed E-state index contributed by atoms with van der Waals surface area (Å²) in [6.45, 7) is 4.61. The van der Waals surface area contributed by atoms with Crippen LogP contribution in [0.5, 0.6) is 0 Å². The number of quaternary nitrogens is 1. The number of carbonyl (C=O) groups excluding carboxylic acids is 2. The molecule has 2 unspecified atom stereocenters. The van der Waals surface area contributed by atoms with E-state index in [1.54, 1.807) is 0 Å². The number of carboxylic acids is 1. The molecule has 1 N–H and O–H groups in total. The van der Waals surface area contributed by atoms with Crippen molar-refractivity contribution in [1.29, 1.82) is 0 Å². The smallest absolute Gasteiger partial charge is 0.362 e. The summed E-state index contributed by atoms with van der Waals surface area (Å²) in [5, 5.41) is 9.64. The molecular formula is C53H96NO7+.